The molecule has 1 saturated heterocycles. The second-order valence-corrected chi connectivity index (χ2v) is 9.70. The molecule has 25 heavy (non-hydrogen) atoms. The highest BCUT2D eigenvalue weighted by Crippen LogP contribution is 2.46. The number of fused-ring (bicyclic) bond motifs is 1. The summed E-state index contributed by atoms with van der Waals surface area (Å²) in [5.74, 6) is 0. The maximum absolute atomic E-state index is 5.62. The van der Waals surface area contributed by atoms with Gasteiger partial charge in [-0.3, -0.25) is 0 Å². The summed E-state index contributed by atoms with van der Waals surface area (Å²) in [5.41, 5.74) is 6.39. The van der Waals surface area contributed by atoms with Gasteiger partial charge in [-0.2, -0.15) is 0 Å². The predicted molar refractivity (Wildman–Crippen MR) is 103 cm³/mol. The molecule has 0 saturated carbocycles. The minimum Gasteiger partial charge on any atom is -0.345 e. The molecule has 0 radical (unpaired) electrons. The van der Waals surface area contributed by atoms with Crippen LogP contribution in [0, 0.1) is 0 Å². The number of benzene rings is 1. The molecule has 2 aromatic rings. The molecule has 0 bridgehead atoms. The Labute approximate surface area is 155 Å². The quantitative estimate of drug-likeness (QED) is 0.699. The Kier molecular flexibility index (Phi) is 4.30. The lowest BCUT2D eigenvalue weighted by molar-refractivity contribution is -0.0413. The fraction of sp³-hybridized carbons (Fsp3) is 0.545. The second-order valence-electron chi connectivity index (χ2n) is 8.76. The molecule has 2 heterocycles. The van der Waals surface area contributed by atoms with E-state index in [1.807, 2.05) is 0 Å². The van der Waals surface area contributed by atoms with Gasteiger partial charge in [0.25, 0.3) is 0 Å². The average molecular weight is 357 g/mol. The molecule has 0 unspecified atom stereocenters. The lowest BCUT2D eigenvalue weighted by Crippen LogP contribution is -2.33. The molecule has 2 aliphatic rings. The van der Waals surface area contributed by atoms with Gasteiger partial charge in [0.1, 0.15) is 0 Å². The Morgan fingerprint density at radius 2 is 1.60 bits per heavy atom. The summed E-state index contributed by atoms with van der Waals surface area (Å²) in [4.78, 5) is 1.19. The van der Waals surface area contributed by atoms with Crippen LogP contribution in [0.25, 0.3) is 0 Å². The van der Waals surface area contributed by atoms with Crippen LogP contribution in [-0.4, -0.2) is 13.2 Å². The Morgan fingerprint density at radius 3 is 2.32 bits per heavy atom. The number of hydrogen-bond donors (Lipinski definition) is 0. The summed E-state index contributed by atoms with van der Waals surface area (Å²) < 4.78 is 11.2. The summed E-state index contributed by atoms with van der Waals surface area (Å²) >= 11 is 1.74. The number of thiophene rings is 1. The van der Waals surface area contributed by atoms with Gasteiger partial charge in [0.2, 0.25) is 0 Å². The zero-order valence-electron chi connectivity index (χ0n) is 15.7. The summed E-state index contributed by atoms with van der Waals surface area (Å²) in [6.45, 7) is 11.0. The zero-order chi connectivity index (χ0) is 17.7. The molecule has 1 fully saturated rings. The standard InChI is InChI=1S/C22H28O2S/c1-21(2)7-8-22(3,4)18-12-15(5-6-17(18)21)11-16-13-19(25-14-16)20-23-9-10-24-20/h5-6,12-14,20H,7-11H2,1-4H3. The van der Waals surface area contributed by atoms with E-state index in [0.717, 1.165) is 6.42 Å². The molecule has 4 rings (SSSR count). The van der Waals surface area contributed by atoms with Gasteiger partial charge in [-0.15, -0.1) is 11.3 Å². The maximum Gasteiger partial charge on any atom is 0.193 e. The van der Waals surface area contributed by atoms with Crippen molar-refractivity contribution in [3.05, 3.63) is 56.8 Å². The van der Waals surface area contributed by atoms with E-state index in [1.165, 1.54) is 34.4 Å². The molecule has 1 aromatic carbocycles. The van der Waals surface area contributed by atoms with Crippen LogP contribution in [-0.2, 0) is 26.7 Å². The highest BCUT2D eigenvalue weighted by molar-refractivity contribution is 7.10. The normalized spacial score (nSPS) is 22.1. The minimum atomic E-state index is -0.151. The summed E-state index contributed by atoms with van der Waals surface area (Å²) in [5, 5.41) is 2.24. The molecule has 1 aromatic heterocycles. The van der Waals surface area contributed by atoms with Gasteiger partial charge in [-0.1, -0.05) is 45.9 Å². The molecule has 3 heteroatoms. The van der Waals surface area contributed by atoms with Crippen molar-refractivity contribution in [2.45, 2.75) is 64.1 Å². The van der Waals surface area contributed by atoms with Crippen LogP contribution >= 0.6 is 11.3 Å². The summed E-state index contributed by atoms with van der Waals surface area (Å²) in [6.07, 6.45) is 3.35. The van der Waals surface area contributed by atoms with Gasteiger partial charge >= 0.3 is 0 Å². The fourth-order valence-corrected chi connectivity index (χ4v) is 5.02. The van der Waals surface area contributed by atoms with Gasteiger partial charge in [-0.05, 0) is 63.8 Å². The Bertz CT molecular complexity index is 766. The van der Waals surface area contributed by atoms with Gasteiger partial charge in [0, 0.05) is 0 Å². The first-order valence-electron chi connectivity index (χ1n) is 9.30. The molecular weight excluding hydrogens is 328 g/mol. The van der Waals surface area contributed by atoms with Gasteiger partial charge in [0.05, 0.1) is 18.1 Å². The first-order chi connectivity index (χ1) is 11.9. The third kappa shape index (κ3) is 3.30. The lowest BCUT2D eigenvalue weighted by atomic mass is 9.63. The molecule has 0 atom stereocenters. The molecule has 0 amide bonds. The van der Waals surface area contributed by atoms with Crippen LogP contribution in [0.5, 0.6) is 0 Å². The van der Waals surface area contributed by atoms with Crippen LogP contribution in [0.15, 0.2) is 29.6 Å². The monoisotopic (exact) mass is 356 g/mol. The van der Waals surface area contributed by atoms with Gasteiger partial charge in [0.15, 0.2) is 6.29 Å². The van der Waals surface area contributed by atoms with E-state index in [4.69, 9.17) is 9.47 Å². The van der Waals surface area contributed by atoms with Crippen LogP contribution in [0.2, 0.25) is 0 Å². The van der Waals surface area contributed by atoms with Gasteiger partial charge < -0.3 is 9.47 Å². The lowest BCUT2D eigenvalue weighted by Gasteiger charge is -2.42. The van der Waals surface area contributed by atoms with Crippen molar-refractivity contribution in [2.75, 3.05) is 13.2 Å². The van der Waals surface area contributed by atoms with E-state index in [0.29, 0.717) is 13.2 Å². The third-order valence-corrected chi connectivity index (χ3v) is 6.86. The van der Waals surface area contributed by atoms with Crippen molar-refractivity contribution in [3.63, 3.8) is 0 Å². The zero-order valence-corrected chi connectivity index (χ0v) is 16.5. The van der Waals surface area contributed by atoms with Crippen LogP contribution in [0.3, 0.4) is 0 Å². The highest BCUT2D eigenvalue weighted by atomic mass is 32.1. The number of rotatable bonds is 3. The van der Waals surface area contributed by atoms with Crippen molar-refractivity contribution in [1.82, 2.24) is 0 Å². The first-order valence-corrected chi connectivity index (χ1v) is 10.2. The van der Waals surface area contributed by atoms with Gasteiger partial charge in [-0.25, -0.2) is 0 Å². The van der Waals surface area contributed by atoms with E-state index >= 15 is 0 Å². The molecule has 134 valence electrons. The predicted octanol–water partition coefficient (Wildman–Crippen LogP) is 5.73. The Balaban J connectivity index is 1.60. The number of hydrogen-bond acceptors (Lipinski definition) is 3. The van der Waals surface area contributed by atoms with Crippen molar-refractivity contribution < 1.29 is 9.47 Å². The van der Waals surface area contributed by atoms with Crippen molar-refractivity contribution in [1.29, 1.82) is 0 Å². The smallest absolute Gasteiger partial charge is 0.193 e. The highest BCUT2D eigenvalue weighted by Gasteiger charge is 2.36. The Hall–Kier alpha value is -1.16. The molecular formula is C22H28O2S. The first kappa shape index (κ1) is 17.3. The van der Waals surface area contributed by atoms with E-state index < -0.39 is 0 Å². The van der Waals surface area contributed by atoms with Crippen LogP contribution < -0.4 is 0 Å². The molecule has 1 aliphatic carbocycles. The fourth-order valence-electron chi connectivity index (χ4n) is 4.11. The van der Waals surface area contributed by atoms with Crippen LogP contribution in [0.4, 0.5) is 0 Å². The largest absolute Gasteiger partial charge is 0.345 e. The third-order valence-electron chi connectivity index (χ3n) is 5.85. The summed E-state index contributed by atoms with van der Waals surface area (Å²) in [7, 11) is 0. The molecule has 0 N–H and O–H groups in total. The minimum absolute atomic E-state index is 0.151. The number of ether oxygens (including phenoxy) is 2. The van der Waals surface area contributed by atoms with E-state index in [9.17, 15) is 0 Å². The second kappa shape index (κ2) is 6.22. The average Bonchev–Trinajstić information content (AvgIpc) is 3.23. The van der Waals surface area contributed by atoms with E-state index in [2.05, 4.69) is 57.3 Å². The Morgan fingerprint density at radius 1 is 0.920 bits per heavy atom. The summed E-state index contributed by atoms with van der Waals surface area (Å²) in [6, 6.07) is 9.40. The SMILES string of the molecule is CC1(C)CCC(C)(C)c2cc(Cc3csc(C4OCCO4)c3)ccc21. The molecule has 0 spiro atoms. The van der Waals surface area contributed by atoms with E-state index in [1.54, 1.807) is 16.9 Å². The maximum atomic E-state index is 5.62. The van der Waals surface area contributed by atoms with E-state index in [-0.39, 0.29) is 17.1 Å². The van der Waals surface area contributed by atoms with Crippen LogP contribution in [0.1, 0.15) is 74.0 Å². The van der Waals surface area contributed by atoms with Crippen molar-refractivity contribution in [3.8, 4) is 0 Å². The topological polar surface area (TPSA) is 18.5 Å². The molecule has 1 aliphatic heterocycles. The van der Waals surface area contributed by atoms with Crippen molar-refractivity contribution >= 4 is 11.3 Å². The molecule has 2 nitrogen and oxygen atoms in total. The van der Waals surface area contributed by atoms with Crippen molar-refractivity contribution in [2.24, 2.45) is 0 Å².